The maximum absolute atomic E-state index is 10.5. The Labute approximate surface area is 124 Å². The zero-order valence-corrected chi connectivity index (χ0v) is 11.9. The Morgan fingerprint density at radius 3 is 1.90 bits per heavy atom. The molecule has 0 amide bonds. The number of anilines is 1. The van der Waals surface area contributed by atoms with Gasteiger partial charge in [0.2, 0.25) is 0 Å². The molecule has 4 N–H and O–H groups in total. The standard InChI is InChI=1S/C10H11NO4.C5H11N/c11-7-3-1-6(2-4-7)5-8(9(12)13)10(14)15;1-2-4-6-5-3-1/h1-4,8H,5,11H2,(H,12,13)(H,14,15);6H,1-5H2/p-1. The maximum atomic E-state index is 10.5. The van der Waals surface area contributed by atoms with Crippen molar-refractivity contribution in [2.75, 3.05) is 18.8 Å². The molecule has 6 nitrogen and oxygen atoms in total. The number of nitrogen functional groups attached to an aromatic ring is 1. The van der Waals surface area contributed by atoms with Gasteiger partial charge in [0.05, 0.1) is 25.0 Å². The van der Waals surface area contributed by atoms with E-state index in [9.17, 15) is 19.8 Å². The van der Waals surface area contributed by atoms with E-state index in [4.69, 9.17) is 5.73 Å². The zero-order chi connectivity index (χ0) is 15.7. The van der Waals surface area contributed by atoms with Crippen molar-refractivity contribution < 1.29 is 25.1 Å². The smallest absolute Gasteiger partial charge is 0.0755 e. The molecule has 0 aromatic heterocycles. The molecule has 1 heterocycles. The average Bonchev–Trinajstić information content (AvgIpc) is 2.48. The lowest BCUT2D eigenvalue weighted by Gasteiger charge is -2.18. The van der Waals surface area contributed by atoms with E-state index in [1.54, 1.807) is 24.3 Å². The molecule has 21 heavy (non-hydrogen) atoms. The molecule has 1 saturated heterocycles. The summed E-state index contributed by atoms with van der Waals surface area (Å²) >= 11 is 0. The Morgan fingerprint density at radius 1 is 1.05 bits per heavy atom. The quantitative estimate of drug-likeness (QED) is 0.476. The highest BCUT2D eigenvalue weighted by Crippen LogP contribution is 2.10. The fourth-order valence-corrected chi connectivity index (χ4v) is 2.05. The van der Waals surface area contributed by atoms with Crippen LogP contribution in [-0.2, 0) is 16.0 Å². The number of carbonyl (C=O) groups is 2. The molecule has 0 spiro atoms. The zero-order valence-electron chi connectivity index (χ0n) is 11.9. The minimum absolute atomic E-state index is 0.162. The van der Waals surface area contributed by atoms with Gasteiger partial charge in [0.1, 0.15) is 0 Å². The van der Waals surface area contributed by atoms with Crippen LogP contribution in [0.3, 0.4) is 0 Å². The number of hydrogen-bond acceptors (Lipinski definition) is 5. The van der Waals surface area contributed by atoms with Crippen molar-refractivity contribution in [2.24, 2.45) is 5.92 Å². The van der Waals surface area contributed by atoms with Crippen molar-refractivity contribution in [1.29, 1.82) is 0 Å². The van der Waals surface area contributed by atoms with Gasteiger partial charge in [-0.1, -0.05) is 12.1 Å². The number of nitrogens with two attached hydrogens (primary N) is 2. The Kier molecular flexibility index (Phi) is 7.25. The van der Waals surface area contributed by atoms with Crippen LogP contribution < -0.4 is 21.3 Å². The van der Waals surface area contributed by atoms with Gasteiger partial charge >= 0.3 is 0 Å². The summed E-state index contributed by atoms with van der Waals surface area (Å²) in [6, 6.07) is 6.26. The van der Waals surface area contributed by atoms with Crippen molar-refractivity contribution in [1.82, 2.24) is 0 Å². The molecule has 0 saturated carbocycles. The number of hydrogen-bond donors (Lipinski definition) is 2. The highest BCUT2D eigenvalue weighted by molar-refractivity contribution is 5.91. The summed E-state index contributed by atoms with van der Waals surface area (Å²) in [5, 5.41) is 23.3. The summed E-state index contributed by atoms with van der Waals surface area (Å²) in [5.74, 6) is -4.92. The Hall–Kier alpha value is -2.08. The largest absolute Gasteiger partial charge is 0.549 e. The van der Waals surface area contributed by atoms with Gasteiger partial charge in [-0.2, -0.15) is 0 Å². The summed E-state index contributed by atoms with van der Waals surface area (Å²) in [6.45, 7) is 2.75. The number of aliphatic carboxylic acids is 2. The predicted octanol–water partition coefficient (Wildman–Crippen LogP) is -2.34. The number of piperidine rings is 1. The summed E-state index contributed by atoms with van der Waals surface area (Å²) in [5.41, 5.74) is 6.50. The lowest BCUT2D eigenvalue weighted by molar-refractivity contribution is -0.662. The number of carbonyl (C=O) groups excluding carboxylic acids is 2. The van der Waals surface area contributed by atoms with E-state index in [0.717, 1.165) is 0 Å². The van der Waals surface area contributed by atoms with Gasteiger partial charge in [0.25, 0.3) is 0 Å². The molecule has 1 aromatic carbocycles. The maximum Gasteiger partial charge on any atom is 0.0755 e. The van der Waals surface area contributed by atoms with Crippen molar-refractivity contribution in [3.63, 3.8) is 0 Å². The van der Waals surface area contributed by atoms with Gasteiger partial charge in [-0.3, -0.25) is 0 Å². The third-order valence-electron chi connectivity index (χ3n) is 3.31. The lowest BCUT2D eigenvalue weighted by Crippen LogP contribution is -2.85. The molecule has 1 aromatic rings. The summed E-state index contributed by atoms with van der Waals surface area (Å²) in [7, 11) is 0. The highest BCUT2D eigenvalue weighted by Gasteiger charge is 2.11. The molecule has 1 aliphatic rings. The summed E-state index contributed by atoms with van der Waals surface area (Å²) in [4.78, 5) is 20.9. The lowest BCUT2D eigenvalue weighted by atomic mass is 9.99. The first kappa shape index (κ1) is 17.0. The minimum Gasteiger partial charge on any atom is -0.549 e. The van der Waals surface area contributed by atoms with Crippen LogP contribution in [0.4, 0.5) is 5.69 Å². The van der Waals surface area contributed by atoms with Crippen LogP contribution in [0.2, 0.25) is 0 Å². The first-order valence-electron chi connectivity index (χ1n) is 7.08. The van der Waals surface area contributed by atoms with Crippen molar-refractivity contribution in [3.05, 3.63) is 29.8 Å². The third-order valence-corrected chi connectivity index (χ3v) is 3.31. The molecule has 0 radical (unpaired) electrons. The average molecular weight is 293 g/mol. The topological polar surface area (TPSA) is 123 Å². The fourth-order valence-electron chi connectivity index (χ4n) is 2.05. The molecule has 6 heteroatoms. The molecule has 116 valence electrons. The number of carboxylic acids is 2. The second-order valence-electron chi connectivity index (χ2n) is 5.06. The van der Waals surface area contributed by atoms with Crippen molar-refractivity contribution in [3.8, 4) is 0 Å². The Bertz CT molecular complexity index is 430. The van der Waals surface area contributed by atoms with Crippen LogP contribution in [-0.4, -0.2) is 25.0 Å². The van der Waals surface area contributed by atoms with E-state index in [2.05, 4.69) is 5.32 Å². The molecule has 1 fully saturated rings. The second-order valence-corrected chi connectivity index (χ2v) is 5.06. The van der Waals surface area contributed by atoms with E-state index in [0.29, 0.717) is 11.3 Å². The van der Waals surface area contributed by atoms with Crippen LogP contribution in [0.15, 0.2) is 24.3 Å². The van der Waals surface area contributed by atoms with Gasteiger partial charge in [0, 0.05) is 11.6 Å². The first-order chi connectivity index (χ1) is 10.0. The van der Waals surface area contributed by atoms with E-state index in [-0.39, 0.29) is 6.42 Å². The molecule has 1 aliphatic heterocycles. The van der Waals surface area contributed by atoms with Gasteiger partial charge in [-0.05, 0) is 43.4 Å². The SMILES string of the molecule is C1CC[NH2+]CC1.Nc1ccc(CC(C(=O)[O-])C(=O)[O-])cc1. The highest BCUT2D eigenvalue weighted by atomic mass is 16.4. The molecule has 0 unspecified atom stereocenters. The molecule has 2 rings (SSSR count). The number of quaternary nitrogens is 1. The number of rotatable bonds is 4. The molecular formula is C15H21N2O4-. The molecule has 0 bridgehead atoms. The van der Waals surface area contributed by atoms with E-state index in [1.165, 1.54) is 32.4 Å². The molecular weight excluding hydrogens is 272 g/mol. The fraction of sp³-hybridized carbons (Fsp3) is 0.467. The van der Waals surface area contributed by atoms with Crippen molar-refractivity contribution in [2.45, 2.75) is 25.7 Å². The van der Waals surface area contributed by atoms with Gasteiger partial charge in [0.15, 0.2) is 0 Å². The first-order valence-corrected chi connectivity index (χ1v) is 7.08. The minimum atomic E-state index is -1.65. The Morgan fingerprint density at radius 2 is 1.57 bits per heavy atom. The van der Waals surface area contributed by atoms with Gasteiger partial charge in [-0.15, -0.1) is 0 Å². The number of benzene rings is 1. The monoisotopic (exact) mass is 293 g/mol. The van der Waals surface area contributed by atoms with E-state index in [1.807, 2.05) is 0 Å². The number of carboxylic acid groups (broad SMARTS) is 2. The van der Waals surface area contributed by atoms with Crippen molar-refractivity contribution >= 4 is 17.6 Å². The van der Waals surface area contributed by atoms with Crippen LogP contribution in [0, 0.1) is 5.92 Å². The summed E-state index contributed by atoms with van der Waals surface area (Å²) < 4.78 is 0. The van der Waals surface area contributed by atoms with E-state index < -0.39 is 17.9 Å². The predicted molar refractivity (Wildman–Crippen MR) is 73.6 cm³/mol. The normalized spacial score (nSPS) is 14.1. The molecule has 0 aliphatic carbocycles. The van der Waals surface area contributed by atoms with Crippen LogP contribution in [0.25, 0.3) is 0 Å². The summed E-state index contributed by atoms with van der Waals surface area (Å²) in [6.07, 6.45) is 4.20. The third kappa shape index (κ3) is 6.76. The van der Waals surface area contributed by atoms with Crippen LogP contribution >= 0.6 is 0 Å². The van der Waals surface area contributed by atoms with Gasteiger partial charge in [-0.25, -0.2) is 0 Å². The van der Waals surface area contributed by atoms with Crippen LogP contribution in [0.1, 0.15) is 24.8 Å². The Balaban J connectivity index is 0.000000304. The van der Waals surface area contributed by atoms with Gasteiger partial charge < -0.3 is 30.9 Å². The van der Waals surface area contributed by atoms with E-state index >= 15 is 0 Å². The van der Waals surface area contributed by atoms with Crippen LogP contribution in [0.5, 0.6) is 0 Å². The molecule has 0 atom stereocenters. The second kappa shape index (κ2) is 8.97.